The first-order valence-corrected chi connectivity index (χ1v) is 7.24. The molecule has 0 saturated carbocycles. The Hall–Kier alpha value is -0.200. The normalized spacial score (nSPS) is 36.1. The minimum absolute atomic E-state index is 0.183. The van der Waals surface area contributed by atoms with Gasteiger partial charge in [-0.1, -0.05) is 20.8 Å². The van der Waals surface area contributed by atoms with Gasteiger partial charge in [-0.25, -0.2) is 0 Å². The molecule has 1 aliphatic heterocycles. The maximum Gasteiger partial charge on any atom is 0.110 e. The molecule has 5 nitrogen and oxygen atoms in total. The first kappa shape index (κ1) is 17.9. The van der Waals surface area contributed by atoms with Gasteiger partial charge in [-0.2, -0.15) is 0 Å². The van der Waals surface area contributed by atoms with E-state index >= 15 is 0 Å². The quantitative estimate of drug-likeness (QED) is 0.721. The van der Waals surface area contributed by atoms with Gasteiger partial charge >= 0.3 is 0 Å². The predicted molar refractivity (Wildman–Crippen MR) is 76.4 cm³/mol. The Kier molecular flexibility index (Phi) is 5.60. The highest BCUT2D eigenvalue weighted by Gasteiger charge is 2.48. The molecular weight excluding hydrogens is 260 g/mol. The lowest BCUT2D eigenvalue weighted by atomic mass is 9.70. The number of aliphatic hydroxyl groups is 3. The second-order valence-electron chi connectivity index (χ2n) is 7.69. The molecule has 3 N–H and O–H groups in total. The van der Waals surface area contributed by atoms with E-state index < -0.39 is 24.4 Å². The van der Waals surface area contributed by atoms with E-state index in [2.05, 4.69) is 0 Å². The summed E-state index contributed by atoms with van der Waals surface area (Å²) < 4.78 is 11.4. The zero-order valence-electron chi connectivity index (χ0n) is 13.5. The van der Waals surface area contributed by atoms with Crippen molar-refractivity contribution in [1.82, 2.24) is 0 Å². The van der Waals surface area contributed by atoms with E-state index in [4.69, 9.17) is 9.47 Å². The molecule has 0 bridgehead atoms. The van der Waals surface area contributed by atoms with Crippen LogP contribution < -0.4 is 0 Å². The molecule has 5 atom stereocenters. The largest absolute Gasteiger partial charge is 0.394 e. The van der Waals surface area contributed by atoms with Gasteiger partial charge in [-0.3, -0.25) is 0 Å². The Balaban J connectivity index is 2.81. The summed E-state index contributed by atoms with van der Waals surface area (Å²) in [6.45, 7) is 11.6. The van der Waals surface area contributed by atoms with E-state index in [1.165, 1.54) is 0 Å². The van der Waals surface area contributed by atoms with Gasteiger partial charge in [0, 0.05) is 5.92 Å². The van der Waals surface area contributed by atoms with Crippen LogP contribution in [0.4, 0.5) is 0 Å². The summed E-state index contributed by atoms with van der Waals surface area (Å²) in [6.07, 6.45) is -3.07. The van der Waals surface area contributed by atoms with Gasteiger partial charge in [0.05, 0.1) is 31.0 Å². The zero-order chi connectivity index (χ0) is 15.7. The zero-order valence-corrected chi connectivity index (χ0v) is 13.5. The van der Waals surface area contributed by atoms with Crippen molar-refractivity contribution in [1.29, 1.82) is 0 Å². The van der Waals surface area contributed by atoms with Crippen LogP contribution in [-0.4, -0.2) is 58.6 Å². The van der Waals surface area contributed by atoms with Gasteiger partial charge in [-0.05, 0) is 26.2 Å². The van der Waals surface area contributed by atoms with Gasteiger partial charge in [0.2, 0.25) is 0 Å². The van der Waals surface area contributed by atoms with Crippen molar-refractivity contribution in [3.05, 3.63) is 0 Å². The van der Waals surface area contributed by atoms with Crippen LogP contribution in [0.25, 0.3) is 0 Å². The predicted octanol–water partition coefficient (Wildman–Crippen LogP) is 0.945. The van der Waals surface area contributed by atoms with E-state index in [-0.39, 0.29) is 30.1 Å². The van der Waals surface area contributed by atoms with Crippen LogP contribution in [0.3, 0.4) is 0 Å². The molecule has 1 rings (SSSR count). The minimum atomic E-state index is -1.01. The molecule has 0 aromatic heterocycles. The Bertz CT molecular complexity index is 302. The van der Waals surface area contributed by atoms with Crippen molar-refractivity contribution in [2.45, 2.75) is 71.6 Å². The summed E-state index contributed by atoms with van der Waals surface area (Å²) in [5.41, 5.74) is -0.618. The molecule has 5 heteroatoms. The van der Waals surface area contributed by atoms with Gasteiger partial charge in [0.25, 0.3) is 0 Å². The Morgan fingerprint density at radius 3 is 1.90 bits per heavy atom. The SMILES string of the molecule is CC(C)(C)OCC1OC(CO)C(C(C)(C)C)C(O)C1O. The first-order valence-electron chi connectivity index (χ1n) is 7.24. The molecule has 0 radical (unpaired) electrons. The van der Waals surface area contributed by atoms with Crippen molar-refractivity contribution >= 4 is 0 Å². The summed E-state index contributed by atoms with van der Waals surface area (Å²) in [4.78, 5) is 0. The molecule has 1 fully saturated rings. The Morgan fingerprint density at radius 2 is 1.50 bits per heavy atom. The molecule has 1 heterocycles. The third-order valence-corrected chi connectivity index (χ3v) is 3.71. The number of hydrogen-bond acceptors (Lipinski definition) is 5. The molecule has 0 amide bonds. The molecule has 1 aliphatic rings. The van der Waals surface area contributed by atoms with E-state index in [0.717, 1.165) is 0 Å². The highest BCUT2D eigenvalue weighted by atomic mass is 16.6. The van der Waals surface area contributed by atoms with Gasteiger partial charge < -0.3 is 24.8 Å². The molecule has 0 spiro atoms. The molecule has 0 aliphatic carbocycles. The second-order valence-corrected chi connectivity index (χ2v) is 7.69. The maximum absolute atomic E-state index is 10.4. The van der Waals surface area contributed by atoms with Crippen LogP contribution in [0.5, 0.6) is 0 Å². The van der Waals surface area contributed by atoms with Crippen molar-refractivity contribution in [2.24, 2.45) is 11.3 Å². The fourth-order valence-corrected chi connectivity index (χ4v) is 2.74. The lowest BCUT2D eigenvalue weighted by Crippen LogP contribution is -2.60. The fourth-order valence-electron chi connectivity index (χ4n) is 2.74. The van der Waals surface area contributed by atoms with Crippen LogP contribution in [0, 0.1) is 11.3 Å². The first-order chi connectivity index (χ1) is 8.97. The summed E-state index contributed by atoms with van der Waals surface area (Å²) in [6, 6.07) is 0. The van der Waals surface area contributed by atoms with Crippen molar-refractivity contribution in [2.75, 3.05) is 13.2 Å². The molecule has 0 aromatic carbocycles. The molecular formula is C15H30O5. The molecule has 20 heavy (non-hydrogen) atoms. The lowest BCUT2D eigenvalue weighted by Gasteiger charge is -2.48. The standard InChI is InChI=1S/C15H30O5/c1-14(2,3)11-9(7-16)20-10(12(17)13(11)18)8-19-15(4,5)6/h9-13,16-18H,7-8H2,1-6H3. The van der Waals surface area contributed by atoms with E-state index in [0.29, 0.717) is 0 Å². The maximum atomic E-state index is 10.4. The Labute approximate surface area is 121 Å². The number of aliphatic hydroxyl groups excluding tert-OH is 3. The topological polar surface area (TPSA) is 79.2 Å². The van der Waals surface area contributed by atoms with Crippen LogP contribution in [0.1, 0.15) is 41.5 Å². The van der Waals surface area contributed by atoms with Crippen LogP contribution >= 0.6 is 0 Å². The highest BCUT2D eigenvalue weighted by molar-refractivity contribution is 4.96. The molecule has 120 valence electrons. The van der Waals surface area contributed by atoms with Crippen molar-refractivity contribution < 1.29 is 24.8 Å². The average molecular weight is 290 g/mol. The highest BCUT2D eigenvalue weighted by Crippen LogP contribution is 2.38. The summed E-state index contributed by atoms with van der Waals surface area (Å²) in [5.74, 6) is -0.326. The monoisotopic (exact) mass is 290 g/mol. The van der Waals surface area contributed by atoms with Gasteiger partial charge in [0.15, 0.2) is 0 Å². The van der Waals surface area contributed by atoms with E-state index in [1.807, 2.05) is 41.5 Å². The fraction of sp³-hybridized carbons (Fsp3) is 1.00. The molecule has 1 saturated heterocycles. The second kappa shape index (κ2) is 6.28. The van der Waals surface area contributed by atoms with E-state index in [1.54, 1.807) is 0 Å². The third-order valence-electron chi connectivity index (χ3n) is 3.71. The van der Waals surface area contributed by atoms with Crippen molar-refractivity contribution in [3.8, 4) is 0 Å². The smallest absolute Gasteiger partial charge is 0.110 e. The van der Waals surface area contributed by atoms with Crippen molar-refractivity contribution in [3.63, 3.8) is 0 Å². The summed E-state index contributed by atoms with van der Waals surface area (Å²) in [5, 5.41) is 30.1. The number of ether oxygens (including phenoxy) is 2. The van der Waals surface area contributed by atoms with Gasteiger partial charge in [0.1, 0.15) is 12.2 Å². The van der Waals surface area contributed by atoms with E-state index in [9.17, 15) is 15.3 Å². The lowest BCUT2D eigenvalue weighted by molar-refractivity contribution is -0.243. The molecule has 0 aromatic rings. The van der Waals surface area contributed by atoms with Crippen LogP contribution in [-0.2, 0) is 9.47 Å². The summed E-state index contributed by atoms with van der Waals surface area (Å²) >= 11 is 0. The van der Waals surface area contributed by atoms with Crippen LogP contribution in [0.2, 0.25) is 0 Å². The summed E-state index contributed by atoms with van der Waals surface area (Å²) in [7, 11) is 0. The Morgan fingerprint density at radius 1 is 0.950 bits per heavy atom. The van der Waals surface area contributed by atoms with Gasteiger partial charge in [-0.15, -0.1) is 0 Å². The third kappa shape index (κ3) is 4.40. The molecule has 5 unspecified atom stereocenters. The average Bonchev–Trinajstić information content (AvgIpc) is 2.27. The number of rotatable bonds is 3. The minimum Gasteiger partial charge on any atom is -0.394 e. The number of hydrogen-bond donors (Lipinski definition) is 3. The van der Waals surface area contributed by atoms with Crippen LogP contribution in [0.15, 0.2) is 0 Å².